The molecule has 0 spiro atoms. The van der Waals surface area contributed by atoms with Gasteiger partial charge in [0.15, 0.2) is 37.4 Å². The second kappa shape index (κ2) is 26.0. The summed E-state index contributed by atoms with van der Waals surface area (Å²) in [5.74, 6) is -6.00. The molecule has 1 aromatic carbocycles. The summed E-state index contributed by atoms with van der Waals surface area (Å²) in [6.07, 6.45) is -42.8. The van der Waals surface area contributed by atoms with Crippen LogP contribution in [-0.4, -0.2) is 251 Å². The molecule has 4 saturated heterocycles. The maximum absolute atomic E-state index is 12.9. The molecule has 34 nitrogen and oxygen atoms in total. The number of benzene rings is 1. The van der Waals surface area contributed by atoms with Gasteiger partial charge in [-0.25, -0.2) is 22.7 Å². The van der Waals surface area contributed by atoms with Crippen LogP contribution in [0.15, 0.2) is 30.3 Å². The van der Waals surface area contributed by atoms with Gasteiger partial charge in [0.25, 0.3) is 0 Å². The number of aliphatic hydroxyl groups is 7. The van der Waals surface area contributed by atoms with Crippen molar-refractivity contribution >= 4 is 50.6 Å². The number of alkyl carbamates (subject to hydrolysis) is 1. The maximum Gasteiger partial charge on any atom is 0.407 e. The molecule has 20 atom stereocenters. The lowest BCUT2D eigenvalue weighted by molar-refractivity contribution is -0.367. The molecule has 0 bridgehead atoms. The Kier molecular flexibility index (Phi) is 21.2. The van der Waals surface area contributed by atoms with Gasteiger partial charge < -0.3 is 105 Å². The molecular formula is C38H55N3O31S2. The zero-order valence-corrected chi connectivity index (χ0v) is 40.0. The Hall–Kier alpha value is -4.49. The lowest BCUT2D eigenvalue weighted by Gasteiger charge is -2.50. The lowest BCUT2D eigenvalue weighted by atomic mass is 9.94. The standard InChI is InChI=1S/C38H55N3O31S2/c1-13(44)40-18-27(25(71-73(56,57)58)16(10-42)64-34(18)62-9-8-39-38(55)63-12-15-6-4-3-5-7-15)66-37-24(50)22(48)29(31(70-37)33(53)54)68-35-19(41-14(2)45)28(26(17(11-43)65-35)72-74(59,60)61)67-36-23(49)20(46)21(47)30(69-36)32(51)52/h3-7,16-31,34-37,42-43,46-50H,8-12H2,1-2H3,(H,39,55)(H,40,44)(H,41,45)(H,51,52)(H,53,54)(H,56,57,58)(H,59,60,61)/t16-,17-,18-,19-,20+,21+,22-,23-,24-,25+,26+,27-,28-,29+,30+,31+,34-,35+,36-,37-/m1/s1. The molecule has 4 heterocycles. The van der Waals surface area contributed by atoms with Crippen molar-refractivity contribution in [2.45, 2.75) is 143 Å². The molecular weight excluding hydrogens is 1060 g/mol. The number of nitrogens with one attached hydrogen (secondary N) is 3. The average molecular weight is 1110 g/mol. The highest BCUT2D eigenvalue weighted by molar-refractivity contribution is 7.81. The van der Waals surface area contributed by atoms with Gasteiger partial charge in [-0.3, -0.25) is 18.7 Å². The van der Waals surface area contributed by atoms with E-state index in [1.165, 1.54) is 0 Å². The van der Waals surface area contributed by atoms with E-state index in [9.17, 15) is 95.9 Å². The zero-order valence-electron chi connectivity index (χ0n) is 38.4. The van der Waals surface area contributed by atoms with Crippen LogP contribution in [0, 0.1) is 0 Å². The maximum atomic E-state index is 12.9. The summed E-state index contributed by atoms with van der Waals surface area (Å²) in [7, 11) is -11.2. The lowest BCUT2D eigenvalue weighted by Crippen LogP contribution is -2.71. The summed E-state index contributed by atoms with van der Waals surface area (Å²) in [5.41, 5.74) is 0.653. The van der Waals surface area contributed by atoms with Gasteiger partial charge in [-0.1, -0.05) is 30.3 Å². The van der Waals surface area contributed by atoms with Gasteiger partial charge in [0.1, 0.15) is 91.9 Å². The highest BCUT2D eigenvalue weighted by Gasteiger charge is 2.59. The van der Waals surface area contributed by atoms with Crippen molar-refractivity contribution in [1.29, 1.82) is 0 Å². The summed E-state index contributed by atoms with van der Waals surface area (Å²) >= 11 is 0. The van der Waals surface area contributed by atoms with E-state index >= 15 is 0 Å². The number of hydrogen-bond acceptors (Lipinski definition) is 27. The highest BCUT2D eigenvalue weighted by Crippen LogP contribution is 2.36. The number of carboxylic acids is 2. The molecule has 4 fully saturated rings. The smallest absolute Gasteiger partial charge is 0.407 e. The third kappa shape index (κ3) is 15.8. The number of hydrogen-bond donors (Lipinski definition) is 14. The van der Waals surface area contributed by atoms with Crippen molar-refractivity contribution in [1.82, 2.24) is 16.0 Å². The Labute approximate surface area is 418 Å². The van der Waals surface area contributed by atoms with Gasteiger partial charge in [0.05, 0.1) is 19.8 Å². The van der Waals surface area contributed by atoms with Crippen molar-refractivity contribution in [3.8, 4) is 0 Å². The van der Waals surface area contributed by atoms with E-state index in [4.69, 9.17) is 46.8 Å². The van der Waals surface area contributed by atoms with Crippen LogP contribution in [0.25, 0.3) is 0 Å². The first kappa shape index (κ1) is 60.4. The van der Waals surface area contributed by atoms with E-state index in [1.807, 2.05) is 0 Å². The summed E-state index contributed by atoms with van der Waals surface area (Å²) in [4.78, 5) is 62.3. The number of aliphatic carboxylic acids is 2. The molecule has 1 aromatic rings. The normalized spacial score (nSPS) is 36.7. The second-order valence-electron chi connectivity index (χ2n) is 16.5. The van der Waals surface area contributed by atoms with Crippen LogP contribution >= 0.6 is 0 Å². The highest BCUT2D eigenvalue weighted by atomic mass is 32.3. The molecule has 36 heteroatoms. The van der Waals surface area contributed by atoms with E-state index in [0.717, 1.165) is 13.8 Å². The van der Waals surface area contributed by atoms with E-state index in [1.54, 1.807) is 30.3 Å². The quantitative estimate of drug-likeness (QED) is 0.0379. The molecule has 0 radical (unpaired) electrons. The second-order valence-corrected chi connectivity index (χ2v) is 18.6. The van der Waals surface area contributed by atoms with Crippen LogP contribution in [0.1, 0.15) is 19.4 Å². The molecule has 5 rings (SSSR count). The summed E-state index contributed by atoms with van der Waals surface area (Å²) in [5, 5.41) is 102. The summed E-state index contributed by atoms with van der Waals surface area (Å²) in [6.45, 7) is -1.65. The van der Waals surface area contributed by atoms with Gasteiger partial charge in [-0.05, 0) is 5.56 Å². The first-order valence-electron chi connectivity index (χ1n) is 21.7. The number of carbonyl (C=O) groups excluding carboxylic acids is 3. The van der Waals surface area contributed by atoms with Crippen LogP contribution in [0.5, 0.6) is 0 Å². The Bertz CT molecular complexity index is 2300. The molecule has 14 N–H and O–H groups in total. The minimum absolute atomic E-state index is 0.115. The summed E-state index contributed by atoms with van der Waals surface area (Å²) < 4.78 is 127. The fourth-order valence-corrected chi connectivity index (χ4v) is 9.03. The molecule has 0 aromatic heterocycles. The van der Waals surface area contributed by atoms with E-state index < -0.39 is 193 Å². The van der Waals surface area contributed by atoms with Crippen molar-refractivity contribution < 1.29 is 147 Å². The van der Waals surface area contributed by atoms with Crippen molar-refractivity contribution in [2.75, 3.05) is 26.4 Å². The molecule has 3 amide bonds. The minimum Gasteiger partial charge on any atom is -0.479 e. The Morgan fingerprint density at radius 3 is 1.51 bits per heavy atom. The number of ether oxygens (including phenoxy) is 9. The van der Waals surface area contributed by atoms with Gasteiger partial charge in [0, 0.05) is 20.4 Å². The molecule has 4 aliphatic heterocycles. The molecule has 420 valence electrons. The van der Waals surface area contributed by atoms with E-state index in [-0.39, 0.29) is 13.2 Å². The number of rotatable bonds is 22. The third-order valence-corrected chi connectivity index (χ3v) is 12.1. The Morgan fingerprint density at radius 2 is 1.04 bits per heavy atom. The van der Waals surface area contributed by atoms with Crippen LogP contribution < -0.4 is 16.0 Å². The molecule has 0 aliphatic carbocycles. The van der Waals surface area contributed by atoms with Gasteiger partial charge in [-0.15, -0.1) is 0 Å². The number of amides is 3. The topological polar surface area (TPSA) is 514 Å². The number of carboxylic acid groups (broad SMARTS) is 2. The predicted molar refractivity (Wildman–Crippen MR) is 227 cm³/mol. The average Bonchev–Trinajstić information content (AvgIpc) is 3.31. The third-order valence-electron chi connectivity index (χ3n) is 11.2. The Balaban J connectivity index is 1.44. The van der Waals surface area contributed by atoms with Crippen LogP contribution in [-0.2, 0) is 97.6 Å². The van der Waals surface area contributed by atoms with Crippen molar-refractivity contribution in [3.05, 3.63) is 35.9 Å². The fourth-order valence-electron chi connectivity index (χ4n) is 8.00. The van der Waals surface area contributed by atoms with Crippen LogP contribution in [0.2, 0.25) is 0 Å². The largest absolute Gasteiger partial charge is 0.479 e. The van der Waals surface area contributed by atoms with Crippen LogP contribution in [0.3, 0.4) is 0 Å². The minimum atomic E-state index is -5.63. The van der Waals surface area contributed by atoms with Gasteiger partial charge in [0.2, 0.25) is 11.8 Å². The van der Waals surface area contributed by atoms with E-state index in [0.29, 0.717) is 5.56 Å². The first-order chi connectivity index (χ1) is 34.6. The molecule has 74 heavy (non-hydrogen) atoms. The molecule has 0 unspecified atom stereocenters. The van der Waals surface area contributed by atoms with E-state index in [2.05, 4.69) is 20.1 Å². The number of aliphatic hydroxyl groups excluding tert-OH is 7. The predicted octanol–water partition coefficient (Wildman–Crippen LogP) is -7.67. The monoisotopic (exact) mass is 1110 g/mol. The first-order valence-corrected chi connectivity index (χ1v) is 24.4. The molecule has 0 saturated carbocycles. The van der Waals surface area contributed by atoms with Gasteiger partial charge in [-0.2, -0.15) is 16.8 Å². The van der Waals surface area contributed by atoms with Gasteiger partial charge >= 0.3 is 38.8 Å². The SMILES string of the molecule is CC(=O)N[C@H]1[C@H](O[C@H]2[C@H](O)[C@@H](O)[C@H](O[C@@H]3[C@@H](NC(C)=O)[C@H](OCCNC(=O)OCc4ccccc4)O[C@H](CO)[C@@H]3OS(=O)(=O)O)O[C@@H]2C(=O)O)O[C@H](CO)[C@H](OS(=O)(=O)O)[C@@H]1O[C@@H]1O[C@H](C(=O)O)[C@@H](O)[C@H](O)[C@H]1O. The summed E-state index contributed by atoms with van der Waals surface area (Å²) in [6, 6.07) is 4.54. The fraction of sp³-hybridized carbons (Fsp3) is 0.711. The van der Waals surface area contributed by atoms with Crippen molar-refractivity contribution in [2.24, 2.45) is 0 Å². The zero-order chi connectivity index (χ0) is 55.0. The van der Waals surface area contributed by atoms with Crippen molar-refractivity contribution in [3.63, 3.8) is 0 Å². The number of carbonyl (C=O) groups is 5. The van der Waals surface area contributed by atoms with Crippen LogP contribution in [0.4, 0.5) is 4.79 Å². The Morgan fingerprint density at radius 1 is 0.581 bits per heavy atom. The molecule has 4 aliphatic rings.